The summed E-state index contributed by atoms with van der Waals surface area (Å²) in [5.41, 5.74) is 1.33. The van der Waals surface area contributed by atoms with Crippen LogP contribution in [0.1, 0.15) is 75.7 Å². The second-order valence-corrected chi connectivity index (χ2v) is 8.63. The Hall–Kier alpha value is -1.85. The maximum Gasteiger partial charge on any atom is 0.226 e. The Morgan fingerprint density at radius 3 is 2.73 bits per heavy atom. The molecule has 0 radical (unpaired) electrons. The molecule has 4 rings (SSSR count). The Morgan fingerprint density at radius 1 is 1.31 bits per heavy atom. The normalized spacial score (nSPS) is 21.9. The number of carbonyl (C=O) groups excluding carboxylic acids is 2. The van der Waals surface area contributed by atoms with Crippen molar-refractivity contribution in [2.75, 3.05) is 6.54 Å². The molecule has 3 aliphatic rings. The van der Waals surface area contributed by atoms with Crippen LogP contribution in [0.3, 0.4) is 0 Å². The fourth-order valence-electron chi connectivity index (χ4n) is 4.18. The van der Waals surface area contributed by atoms with Crippen molar-refractivity contribution in [2.45, 2.75) is 76.7 Å². The van der Waals surface area contributed by atoms with E-state index in [1.54, 1.807) is 0 Å². The van der Waals surface area contributed by atoms with Crippen molar-refractivity contribution < 1.29 is 14.1 Å². The summed E-state index contributed by atoms with van der Waals surface area (Å²) in [6.07, 6.45) is 9.14. The number of nitrogens with zero attached hydrogens (tertiary/aromatic N) is 1. The van der Waals surface area contributed by atoms with Crippen molar-refractivity contribution in [1.29, 1.82) is 0 Å². The molecule has 3 fully saturated rings. The van der Waals surface area contributed by atoms with Crippen LogP contribution >= 0.6 is 0 Å². The Labute approximate surface area is 154 Å². The molecule has 1 aromatic heterocycles. The van der Waals surface area contributed by atoms with Gasteiger partial charge in [0.1, 0.15) is 5.76 Å². The minimum absolute atomic E-state index is 0.0441. The van der Waals surface area contributed by atoms with Crippen molar-refractivity contribution >= 4 is 11.8 Å². The minimum atomic E-state index is -0.0728. The molecule has 6 heteroatoms. The summed E-state index contributed by atoms with van der Waals surface area (Å²) in [7, 11) is 0. The number of hydrogen-bond acceptors (Lipinski definition) is 4. The van der Waals surface area contributed by atoms with Crippen LogP contribution in [0, 0.1) is 11.3 Å². The fraction of sp³-hybridized carbons (Fsp3) is 0.750. The van der Waals surface area contributed by atoms with E-state index in [1.807, 2.05) is 13.0 Å². The van der Waals surface area contributed by atoms with Crippen molar-refractivity contribution in [3.8, 4) is 0 Å². The SMILES string of the molecule is CCC(CNC(=O)CC1CC2(CC2)C1)NC(=O)Cc1cc(C2CC2)on1. The molecule has 142 valence electrons. The molecule has 1 heterocycles. The molecule has 1 spiro atoms. The topological polar surface area (TPSA) is 84.2 Å². The summed E-state index contributed by atoms with van der Waals surface area (Å²) in [6.45, 7) is 2.51. The van der Waals surface area contributed by atoms with Gasteiger partial charge >= 0.3 is 0 Å². The average Bonchev–Trinajstić information content (AvgIpc) is 3.50. The van der Waals surface area contributed by atoms with E-state index in [1.165, 1.54) is 25.7 Å². The van der Waals surface area contributed by atoms with Gasteiger partial charge in [0.05, 0.1) is 12.1 Å². The number of hydrogen-bond donors (Lipinski definition) is 2. The van der Waals surface area contributed by atoms with Crippen LogP contribution in [0.2, 0.25) is 0 Å². The van der Waals surface area contributed by atoms with Crippen LogP contribution in [0.5, 0.6) is 0 Å². The summed E-state index contributed by atoms with van der Waals surface area (Å²) < 4.78 is 5.28. The summed E-state index contributed by atoms with van der Waals surface area (Å²) in [6, 6.07) is 1.85. The molecule has 2 amide bonds. The molecule has 0 aliphatic heterocycles. The van der Waals surface area contributed by atoms with Crippen LogP contribution in [-0.4, -0.2) is 29.6 Å². The molecular weight excluding hydrogens is 330 g/mol. The molecule has 0 aromatic carbocycles. The molecule has 1 aromatic rings. The van der Waals surface area contributed by atoms with E-state index in [9.17, 15) is 9.59 Å². The standard InChI is InChI=1S/C20H29N3O3/c1-2-15(12-21-18(24)7-13-10-20(11-13)5-6-20)22-19(25)9-16-8-17(26-23-16)14-3-4-14/h8,13-15H,2-7,9-12H2,1H3,(H,21,24)(H,22,25). The van der Waals surface area contributed by atoms with Gasteiger partial charge in [-0.25, -0.2) is 0 Å². The summed E-state index contributed by atoms with van der Waals surface area (Å²) in [5, 5.41) is 9.97. The largest absolute Gasteiger partial charge is 0.361 e. The highest BCUT2D eigenvalue weighted by Crippen LogP contribution is 2.63. The van der Waals surface area contributed by atoms with Crippen LogP contribution in [0.4, 0.5) is 0 Å². The zero-order valence-corrected chi connectivity index (χ0v) is 15.6. The lowest BCUT2D eigenvalue weighted by molar-refractivity contribution is -0.124. The minimum Gasteiger partial charge on any atom is -0.361 e. The van der Waals surface area contributed by atoms with E-state index in [0.29, 0.717) is 35.9 Å². The molecule has 3 aliphatic carbocycles. The molecule has 1 atom stereocenters. The van der Waals surface area contributed by atoms with Gasteiger partial charge < -0.3 is 15.2 Å². The molecular formula is C20H29N3O3. The molecule has 3 saturated carbocycles. The van der Waals surface area contributed by atoms with Gasteiger partial charge in [-0.3, -0.25) is 9.59 Å². The smallest absolute Gasteiger partial charge is 0.226 e. The van der Waals surface area contributed by atoms with Crippen LogP contribution in [0.25, 0.3) is 0 Å². The van der Waals surface area contributed by atoms with Gasteiger partial charge in [-0.1, -0.05) is 12.1 Å². The lowest BCUT2D eigenvalue weighted by atomic mass is 9.70. The van der Waals surface area contributed by atoms with E-state index in [4.69, 9.17) is 4.52 Å². The molecule has 26 heavy (non-hydrogen) atoms. The Balaban J connectivity index is 1.15. The zero-order valence-electron chi connectivity index (χ0n) is 15.6. The first-order chi connectivity index (χ1) is 12.5. The number of amides is 2. The number of nitrogens with one attached hydrogen (secondary N) is 2. The van der Waals surface area contributed by atoms with E-state index in [-0.39, 0.29) is 24.3 Å². The maximum absolute atomic E-state index is 12.2. The first-order valence-corrected chi connectivity index (χ1v) is 10.1. The summed E-state index contributed by atoms with van der Waals surface area (Å²) in [5.74, 6) is 2.01. The van der Waals surface area contributed by atoms with Gasteiger partial charge in [-0.2, -0.15) is 0 Å². The van der Waals surface area contributed by atoms with Gasteiger partial charge in [0.15, 0.2) is 0 Å². The monoisotopic (exact) mass is 359 g/mol. The second kappa shape index (κ2) is 7.05. The average molecular weight is 359 g/mol. The van der Waals surface area contributed by atoms with Gasteiger partial charge in [0.25, 0.3) is 0 Å². The third-order valence-electron chi connectivity index (χ3n) is 6.18. The first kappa shape index (κ1) is 17.6. The maximum atomic E-state index is 12.2. The Kier molecular flexibility index (Phi) is 4.76. The van der Waals surface area contributed by atoms with E-state index < -0.39 is 0 Å². The van der Waals surface area contributed by atoms with Crippen LogP contribution < -0.4 is 10.6 Å². The predicted molar refractivity (Wildman–Crippen MR) is 96.4 cm³/mol. The van der Waals surface area contributed by atoms with E-state index in [0.717, 1.165) is 25.0 Å². The number of aromatic nitrogens is 1. The highest BCUT2D eigenvalue weighted by molar-refractivity contribution is 5.79. The zero-order chi connectivity index (χ0) is 18.1. The highest BCUT2D eigenvalue weighted by atomic mass is 16.5. The van der Waals surface area contributed by atoms with Crippen molar-refractivity contribution in [3.05, 3.63) is 17.5 Å². The second-order valence-electron chi connectivity index (χ2n) is 8.63. The van der Waals surface area contributed by atoms with Crippen molar-refractivity contribution in [2.24, 2.45) is 11.3 Å². The van der Waals surface area contributed by atoms with Crippen molar-refractivity contribution in [1.82, 2.24) is 15.8 Å². The third-order valence-corrected chi connectivity index (χ3v) is 6.18. The fourth-order valence-corrected chi connectivity index (χ4v) is 4.18. The van der Waals surface area contributed by atoms with Gasteiger partial charge in [-0.15, -0.1) is 0 Å². The molecule has 6 nitrogen and oxygen atoms in total. The van der Waals surface area contributed by atoms with Crippen LogP contribution in [-0.2, 0) is 16.0 Å². The lowest BCUT2D eigenvalue weighted by Gasteiger charge is -2.35. The summed E-state index contributed by atoms with van der Waals surface area (Å²) >= 11 is 0. The summed E-state index contributed by atoms with van der Waals surface area (Å²) in [4.78, 5) is 24.3. The van der Waals surface area contributed by atoms with Gasteiger partial charge in [0.2, 0.25) is 11.8 Å². The predicted octanol–water partition coefficient (Wildman–Crippen LogP) is 2.69. The van der Waals surface area contributed by atoms with E-state index in [2.05, 4.69) is 15.8 Å². The third kappa shape index (κ3) is 4.27. The Bertz CT molecular complexity index is 668. The van der Waals surface area contributed by atoms with Gasteiger partial charge in [-0.05, 0) is 56.3 Å². The number of rotatable bonds is 9. The number of carbonyl (C=O) groups is 2. The van der Waals surface area contributed by atoms with E-state index >= 15 is 0 Å². The van der Waals surface area contributed by atoms with Crippen LogP contribution in [0.15, 0.2) is 10.6 Å². The molecule has 2 N–H and O–H groups in total. The van der Waals surface area contributed by atoms with Crippen molar-refractivity contribution in [3.63, 3.8) is 0 Å². The first-order valence-electron chi connectivity index (χ1n) is 10.1. The molecule has 0 saturated heterocycles. The Morgan fingerprint density at radius 2 is 2.08 bits per heavy atom. The molecule has 1 unspecified atom stereocenters. The molecule has 0 bridgehead atoms. The lowest BCUT2D eigenvalue weighted by Crippen LogP contribution is -2.44. The quantitative estimate of drug-likeness (QED) is 0.710. The highest BCUT2D eigenvalue weighted by Gasteiger charge is 2.52. The van der Waals surface area contributed by atoms with Gasteiger partial charge in [0, 0.05) is 31.0 Å².